The zero-order valence-electron chi connectivity index (χ0n) is 9.48. The van der Waals surface area contributed by atoms with Gasteiger partial charge in [0, 0.05) is 12.1 Å². The maximum absolute atomic E-state index is 11.3. The Morgan fingerprint density at radius 2 is 2.33 bits per heavy atom. The molecule has 0 aliphatic rings. The molecule has 94 valence electrons. The summed E-state index contributed by atoms with van der Waals surface area (Å²) in [6.45, 7) is 0.0993. The van der Waals surface area contributed by atoms with Crippen LogP contribution in [0.5, 0.6) is 5.75 Å². The lowest BCUT2D eigenvalue weighted by atomic mass is 10.2. The molecule has 0 aliphatic carbocycles. The molecule has 1 rings (SSSR count). The summed E-state index contributed by atoms with van der Waals surface area (Å²) in [4.78, 5) is 21.8. The lowest BCUT2D eigenvalue weighted by Gasteiger charge is -2.08. The summed E-state index contributed by atoms with van der Waals surface area (Å²) in [6, 6.07) is 6.43. The minimum atomic E-state index is -0.333. The number of halogens is 1. The molecule has 18 heavy (non-hydrogen) atoms. The Balaban J connectivity index is 2.46. The lowest BCUT2D eigenvalue weighted by Crippen LogP contribution is -2.29. The molecular formula is C12H11ClN2O3. The number of carbonyl (C=O) groups is 2. The molecule has 0 atom stereocenters. The molecule has 1 aromatic carbocycles. The molecule has 0 saturated heterocycles. The van der Waals surface area contributed by atoms with Crippen molar-refractivity contribution in [2.75, 3.05) is 13.2 Å². The predicted molar refractivity (Wildman–Crippen MR) is 65.6 cm³/mol. The monoisotopic (exact) mass is 266 g/mol. The highest BCUT2D eigenvalue weighted by Crippen LogP contribution is 2.24. The Morgan fingerprint density at radius 1 is 1.56 bits per heavy atom. The molecule has 0 fully saturated rings. The average molecular weight is 267 g/mol. The zero-order valence-corrected chi connectivity index (χ0v) is 10.2. The third-order valence-corrected chi connectivity index (χ3v) is 2.31. The summed E-state index contributed by atoms with van der Waals surface area (Å²) in [5.41, 5.74) is 0.436. The Hall–Kier alpha value is -2.06. The highest BCUT2D eigenvalue weighted by molar-refractivity contribution is 6.32. The van der Waals surface area contributed by atoms with Crippen molar-refractivity contribution in [3.8, 4) is 11.8 Å². The number of benzene rings is 1. The zero-order chi connectivity index (χ0) is 13.4. The Labute approximate surface area is 109 Å². The summed E-state index contributed by atoms with van der Waals surface area (Å²) in [5.74, 6) is -0.00141. The summed E-state index contributed by atoms with van der Waals surface area (Å²) in [6.07, 6.45) is 0.921. The number of nitriles is 1. The molecule has 0 heterocycles. The number of rotatable bonds is 6. The molecule has 0 spiro atoms. The Morgan fingerprint density at radius 3 is 2.94 bits per heavy atom. The quantitative estimate of drug-likeness (QED) is 0.626. The van der Waals surface area contributed by atoms with Crippen molar-refractivity contribution in [2.45, 2.75) is 6.42 Å². The maximum atomic E-state index is 11.3. The van der Waals surface area contributed by atoms with Gasteiger partial charge in [-0.25, -0.2) is 0 Å². The van der Waals surface area contributed by atoms with E-state index in [2.05, 4.69) is 5.32 Å². The fourth-order valence-corrected chi connectivity index (χ4v) is 1.40. The second-order valence-corrected chi connectivity index (χ2v) is 3.76. The lowest BCUT2D eigenvalue weighted by molar-refractivity contribution is -0.123. The minimum absolute atomic E-state index is 0.189. The molecular weight excluding hydrogens is 256 g/mol. The number of nitrogens with zero attached hydrogens (tertiary/aromatic N) is 1. The van der Waals surface area contributed by atoms with Crippen LogP contribution >= 0.6 is 11.6 Å². The fraction of sp³-hybridized carbons (Fsp3) is 0.250. The highest BCUT2D eigenvalue weighted by Gasteiger charge is 2.06. The molecule has 0 unspecified atom stereocenters. The third-order valence-electron chi connectivity index (χ3n) is 2.01. The van der Waals surface area contributed by atoms with E-state index < -0.39 is 0 Å². The van der Waals surface area contributed by atoms with Crippen LogP contribution < -0.4 is 10.1 Å². The SMILES string of the molecule is N#CCCNC(=O)COc1ccc(C=O)cc1Cl. The van der Waals surface area contributed by atoms with Gasteiger partial charge in [-0.05, 0) is 18.2 Å². The Bertz CT molecular complexity index is 483. The van der Waals surface area contributed by atoms with Crippen molar-refractivity contribution < 1.29 is 14.3 Å². The smallest absolute Gasteiger partial charge is 0.257 e. The van der Waals surface area contributed by atoms with Crippen LogP contribution in [0.1, 0.15) is 16.8 Å². The fourth-order valence-electron chi connectivity index (χ4n) is 1.16. The van der Waals surface area contributed by atoms with E-state index in [9.17, 15) is 9.59 Å². The van der Waals surface area contributed by atoms with Crippen molar-refractivity contribution in [3.63, 3.8) is 0 Å². The summed E-state index contributed by atoms with van der Waals surface area (Å²) >= 11 is 5.86. The van der Waals surface area contributed by atoms with Gasteiger partial charge in [-0.1, -0.05) is 11.6 Å². The molecule has 0 saturated carbocycles. The number of ether oxygens (including phenoxy) is 1. The molecule has 1 aromatic rings. The van der Waals surface area contributed by atoms with Gasteiger partial charge < -0.3 is 10.1 Å². The minimum Gasteiger partial charge on any atom is -0.482 e. The summed E-state index contributed by atoms with van der Waals surface area (Å²) in [7, 11) is 0. The topological polar surface area (TPSA) is 79.2 Å². The standard InChI is InChI=1S/C12H11ClN2O3/c13-10-6-9(7-16)2-3-11(10)18-8-12(17)15-5-1-4-14/h2-3,6-7H,1,5,8H2,(H,15,17). The molecule has 0 bridgehead atoms. The van der Waals surface area contributed by atoms with Crippen molar-refractivity contribution in [2.24, 2.45) is 0 Å². The number of hydrogen-bond donors (Lipinski definition) is 1. The van der Waals surface area contributed by atoms with Crippen LogP contribution in [0, 0.1) is 11.3 Å². The molecule has 0 aliphatic heterocycles. The number of carbonyl (C=O) groups excluding carboxylic acids is 2. The first-order chi connectivity index (χ1) is 8.67. The number of hydrogen-bond acceptors (Lipinski definition) is 4. The van der Waals surface area contributed by atoms with Crippen molar-refractivity contribution >= 4 is 23.8 Å². The van der Waals surface area contributed by atoms with E-state index in [0.717, 1.165) is 0 Å². The summed E-state index contributed by atoms with van der Waals surface area (Å²) in [5, 5.41) is 11.1. The third kappa shape index (κ3) is 4.44. The molecule has 1 N–H and O–H groups in total. The van der Waals surface area contributed by atoms with Gasteiger partial charge in [0.1, 0.15) is 12.0 Å². The molecule has 1 amide bonds. The van der Waals surface area contributed by atoms with Gasteiger partial charge in [0.05, 0.1) is 17.5 Å². The van der Waals surface area contributed by atoms with Crippen LogP contribution in [-0.2, 0) is 4.79 Å². The van der Waals surface area contributed by atoms with E-state index in [-0.39, 0.29) is 30.5 Å². The van der Waals surface area contributed by atoms with Gasteiger partial charge >= 0.3 is 0 Å². The van der Waals surface area contributed by atoms with E-state index in [0.29, 0.717) is 17.6 Å². The van der Waals surface area contributed by atoms with Crippen LogP contribution in [0.4, 0.5) is 0 Å². The van der Waals surface area contributed by atoms with Crippen molar-refractivity contribution in [3.05, 3.63) is 28.8 Å². The number of amides is 1. The molecule has 6 heteroatoms. The van der Waals surface area contributed by atoms with E-state index in [1.54, 1.807) is 6.07 Å². The van der Waals surface area contributed by atoms with Crippen LogP contribution in [0.2, 0.25) is 5.02 Å². The van der Waals surface area contributed by atoms with Crippen LogP contribution in [-0.4, -0.2) is 25.3 Å². The second-order valence-electron chi connectivity index (χ2n) is 3.35. The first kappa shape index (κ1) is 14.0. The van der Waals surface area contributed by atoms with E-state index in [4.69, 9.17) is 21.6 Å². The molecule has 0 radical (unpaired) electrons. The maximum Gasteiger partial charge on any atom is 0.257 e. The average Bonchev–Trinajstić information content (AvgIpc) is 2.37. The van der Waals surface area contributed by atoms with Crippen LogP contribution in [0.25, 0.3) is 0 Å². The highest BCUT2D eigenvalue weighted by atomic mass is 35.5. The Kier molecular flexibility index (Phi) is 5.68. The number of aldehydes is 1. The van der Waals surface area contributed by atoms with Crippen molar-refractivity contribution in [1.82, 2.24) is 5.32 Å². The molecule has 0 aromatic heterocycles. The van der Waals surface area contributed by atoms with Gasteiger partial charge in [0.2, 0.25) is 0 Å². The van der Waals surface area contributed by atoms with Crippen LogP contribution in [0.3, 0.4) is 0 Å². The van der Waals surface area contributed by atoms with Gasteiger partial charge in [-0.3, -0.25) is 9.59 Å². The van der Waals surface area contributed by atoms with E-state index in [1.165, 1.54) is 12.1 Å². The van der Waals surface area contributed by atoms with Crippen LogP contribution in [0.15, 0.2) is 18.2 Å². The normalized spacial score (nSPS) is 9.33. The van der Waals surface area contributed by atoms with E-state index in [1.807, 2.05) is 6.07 Å². The van der Waals surface area contributed by atoms with Gasteiger partial charge in [0.25, 0.3) is 5.91 Å². The molecule has 5 nitrogen and oxygen atoms in total. The summed E-state index contributed by atoms with van der Waals surface area (Å²) < 4.78 is 5.19. The number of nitrogens with one attached hydrogen (secondary N) is 1. The van der Waals surface area contributed by atoms with Gasteiger partial charge in [-0.2, -0.15) is 5.26 Å². The van der Waals surface area contributed by atoms with Gasteiger partial charge in [-0.15, -0.1) is 0 Å². The largest absolute Gasteiger partial charge is 0.482 e. The van der Waals surface area contributed by atoms with E-state index >= 15 is 0 Å². The van der Waals surface area contributed by atoms with Gasteiger partial charge in [0.15, 0.2) is 6.61 Å². The second kappa shape index (κ2) is 7.30. The van der Waals surface area contributed by atoms with Crippen molar-refractivity contribution in [1.29, 1.82) is 5.26 Å². The first-order valence-electron chi connectivity index (χ1n) is 5.18. The predicted octanol–water partition coefficient (Wildman–Crippen LogP) is 1.56. The first-order valence-corrected chi connectivity index (χ1v) is 5.56.